The second kappa shape index (κ2) is 7.80. The van der Waals surface area contributed by atoms with Crippen LogP contribution in [0.1, 0.15) is 38.5 Å². The van der Waals surface area contributed by atoms with Gasteiger partial charge >= 0.3 is 0 Å². The van der Waals surface area contributed by atoms with Crippen LogP contribution in [-0.4, -0.2) is 41.6 Å². The average molecular weight is 430 g/mol. The predicted molar refractivity (Wildman–Crippen MR) is 113 cm³/mol. The normalized spacial score (nSPS) is 29.1. The van der Waals surface area contributed by atoms with Crippen molar-refractivity contribution in [2.45, 2.75) is 49.3 Å². The third-order valence-electron chi connectivity index (χ3n) is 6.77. The van der Waals surface area contributed by atoms with Gasteiger partial charge in [0.15, 0.2) is 0 Å². The van der Waals surface area contributed by atoms with Crippen LogP contribution in [0.2, 0.25) is 0 Å². The predicted octanol–water partition coefficient (Wildman–Crippen LogP) is 3.93. The number of carbonyl (C=O) groups excluding carboxylic acids is 1. The zero-order valence-corrected chi connectivity index (χ0v) is 18.2. The fraction of sp³-hybridized carbons (Fsp3) is 0.591. The van der Waals surface area contributed by atoms with Gasteiger partial charge in [0.2, 0.25) is 11.8 Å². The molecule has 1 aromatic heterocycles. The Bertz CT molecular complexity index is 887. The van der Waals surface area contributed by atoms with Crippen molar-refractivity contribution in [3.8, 4) is 23.0 Å². The van der Waals surface area contributed by atoms with Gasteiger partial charge in [-0.25, -0.2) is 0 Å². The van der Waals surface area contributed by atoms with E-state index < -0.39 is 0 Å². The van der Waals surface area contributed by atoms with Gasteiger partial charge in [0.05, 0.1) is 20.0 Å². The lowest BCUT2D eigenvalue weighted by Gasteiger charge is -2.56. The molecule has 0 spiro atoms. The van der Waals surface area contributed by atoms with Gasteiger partial charge in [0.25, 0.3) is 5.22 Å². The summed E-state index contributed by atoms with van der Waals surface area (Å²) in [6.07, 6.45) is 7.55. The third kappa shape index (κ3) is 3.89. The van der Waals surface area contributed by atoms with Crippen molar-refractivity contribution >= 4 is 17.7 Å². The van der Waals surface area contributed by atoms with Crippen LogP contribution in [0.4, 0.5) is 0 Å². The lowest BCUT2D eigenvalue weighted by Crippen LogP contribution is -2.60. The molecule has 0 unspecified atom stereocenters. The molecule has 4 bridgehead atoms. The van der Waals surface area contributed by atoms with Crippen LogP contribution in [0.5, 0.6) is 11.5 Å². The summed E-state index contributed by atoms with van der Waals surface area (Å²) in [7, 11) is 3.19. The Morgan fingerprint density at radius 3 is 2.23 bits per heavy atom. The Hall–Kier alpha value is -2.22. The molecule has 8 heteroatoms. The van der Waals surface area contributed by atoms with Crippen LogP contribution in [0.25, 0.3) is 11.5 Å². The molecule has 1 heterocycles. The standard InChI is InChI=1S/C22H27N3O4S/c1-27-17-6-16(7-18(8-17)28-2)20-24-25-21(29-20)30-12-19(26)23-22-9-13-3-14(10-22)5-15(4-13)11-22/h6-8,13-15H,3-5,9-12H2,1-2H3,(H,23,26). The van der Waals surface area contributed by atoms with Crippen molar-refractivity contribution in [2.24, 2.45) is 17.8 Å². The molecule has 4 saturated carbocycles. The highest BCUT2D eigenvalue weighted by atomic mass is 32.2. The number of aromatic nitrogens is 2. The average Bonchev–Trinajstić information content (AvgIpc) is 3.19. The Morgan fingerprint density at radius 2 is 1.67 bits per heavy atom. The first kappa shape index (κ1) is 19.7. The van der Waals surface area contributed by atoms with E-state index in [0.717, 1.165) is 37.0 Å². The molecule has 4 aliphatic rings. The molecule has 4 aliphatic carbocycles. The van der Waals surface area contributed by atoms with Crippen molar-refractivity contribution in [3.05, 3.63) is 18.2 Å². The molecule has 7 nitrogen and oxygen atoms in total. The number of ether oxygens (including phenoxy) is 2. The topological polar surface area (TPSA) is 86.5 Å². The Labute approximate surface area is 180 Å². The van der Waals surface area contributed by atoms with E-state index >= 15 is 0 Å². The minimum atomic E-state index is 0.0313. The van der Waals surface area contributed by atoms with E-state index in [-0.39, 0.29) is 17.2 Å². The monoisotopic (exact) mass is 429 g/mol. The lowest BCUT2D eigenvalue weighted by atomic mass is 9.53. The zero-order valence-electron chi connectivity index (χ0n) is 17.3. The first-order valence-corrected chi connectivity index (χ1v) is 11.5. The van der Waals surface area contributed by atoms with Crippen molar-refractivity contribution in [1.82, 2.24) is 15.5 Å². The van der Waals surface area contributed by atoms with Gasteiger partial charge in [-0.1, -0.05) is 11.8 Å². The molecule has 160 valence electrons. The molecule has 2 aromatic rings. The molecule has 0 radical (unpaired) electrons. The molecule has 1 aromatic carbocycles. The number of benzene rings is 1. The molecular formula is C22H27N3O4S. The van der Waals surface area contributed by atoms with E-state index in [2.05, 4.69) is 15.5 Å². The molecule has 1 amide bonds. The van der Waals surface area contributed by atoms with Crippen LogP contribution in [-0.2, 0) is 4.79 Å². The number of hydrogen-bond acceptors (Lipinski definition) is 7. The number of carbonyl (C=O) groups is 1. The van der Waals surface area contributed by atoms with Gasteiger partial charge in [0, 0.05) is 17.2 Å². The van der Waals surface area contributed by atoms with E-state index in [1.807, 2.05) is 12.1 Å². The fourth-order valence-corrected chi connectivity index (χ4v) is 6.60. The largest absolute Gasteiger partial charge is 0.497 e. The van der Waals surface area contributed by atoms with E-state index in [4.69, 9.17) is 13.9 Å². The van der Waals surface area contributed by atoms with Crippen molar-refractivity contribution in [3.63, 3.8) is 0 Å². The Kier molecular flexibility index (Phi) is 5.13. The van der Waals surface area contributed by atoms with Gasteiger partial charge in [-0.3, -0.25) is 4.79 Å². The number of amides is 1. The van der Waals surface area contributed by atoms with E-state index in [0.29, 0.717) is 28.2 Å². The van der Waals surface area contributed by atoms with Crippen LogP contribution in [0.3, 0.4) is 0 Å². The molecule has 30 heavy (non-hydrogen) atoms. The minimum Gasteiger partial charge on any atom is -0.497 e. The third-order valence-corrected chi connectivity index (χ3v) is 7.59. The van der Waals surface area contributed by atoms with E-state index in [1.54, 1.807) is 20.3 Å². The van der Waals surface area contributed by atoms with Crippen LogP contribution >= 0.6 is 11.8 Å². The number of rotatable bonds is 7. The van der Waals surface area contributed by atoms with Crippen molar-refractivity contribution in [1.29, 1.82) is 0 Å². The van der Waals surface area contributed by atoms with Gasteiger partial charge in [-0.2, -0.15) is 0 Å². The summed E-state index contributed by atoms with van der Waals surface area (Å²) in [5, 5.41) is 12.0. The summed E-state index contributed by atoms with van der Waals surface area (Å²) in [4.78, 5) is 12.7. The molecule has 4 fully saturated rings. The second-order valence-corrected chi connectivity index (χ2v) is 9.94. The molecule has 1 N–H and O–H groups in total. The number of methoxy groups -OCH3 is 2. The fourth-order valence-electron chi connectivity index (χ4n) is 6.04. The molecule has 0 atom stereocenters. The maximum absolute atomic E-state index is 12.7. The quantitative estimate of drug-likeness (QED) is 0.667. The van der Waals surface area contributed by atoms with Crippen molar-refractivity contribution in [2.75, 3.05) is 20.0 Å². The SMILES string of the molecule is COc1cc(OC)cc(-c2nnc(SCC(=O)NC34CC5CC(CC(C5)C3)C4)o2)c1. The molecule has 6 rings (SSSR count). The summed E-state index contributed by atoms with van der Waals surface area (Å²) in [6, 6.07) is 5.40. The first-order chi connectivity index (χ1) is 14.5. The summed E-state index contributed by atoms with van der Waals surface area (Å²) in [5.74, 6) is 4.43. The van der Waals surface area contributed by atoms with Gasteiger partial charge in [-0.15, -0.1) is 10.2 Å². The zero-order chi connectivity index (χ0) is 20.7. The molecular weight excluding hydrogens is 402 g/mol. The summed E-state index contributed by atoms with van der Waals surface area (Å²) in [6.45, 7) is 0. The van der Waals surface area contributed by atoms with E-state index in [1.165, 1.54) is 31.0 Å². The molecule has 0 saturated heterocycles. The molecule has 0 aliphatic heterocycles. The maximum atomic E-state index is 12.7. The van der Waals surface area contributed by atoms with Crippen LogP contribution in [0, 0.1) is 17.8 Å². The van der Waals surface area contributed by atoms with Crippen LogP contribution in [0.15, 0.2) is 27.8 Å². The second-order valence-electron chi connectivity index (χ2n) is 9.01. The smallest absolute Gasteiger partial charge is 0.277 e. The number of nitrogens with zero attached hydrogens (tertiary/aromatic N) is 2. The van der Waals surface area contributed by atoms with E-state index in [9.17, 15) is 4.79 Å². The van der Waals surface area contributed by atoms with Crippen LogP contribution < -0.4 is 14.8 Å². The summed E-state index contributed by atoms with van der Waals surface area (Å²) >= 11 is 1.28. The number of hydrogen-bond donors (Lipinski definition) is 1. The highest BCUT2D eigenvalue weighted by Crippen LogP contribution is 2.55. The van der Waals surface area contributed by atoms with Gasteiger partial charge in [-0.05, 0) is 68.4 Å². The number of nitrogens with one attached hydrogen (secondary N) is 1. The Balaban J connectivity index is 1.21. The highest BCUT2D eigenvalue weighted by Gasteiger charge is 2.51. The lowest BCUT2D eigenvalue weighted by molar-refractivity contribution is -0.124. The van der Waals surface area contributed by atoms with Gasteiger partial charge in [0.1, 0.15) is 11.5 Å². The minimum absolute atomic E-state index is 0.0313. The summed E-state index contributed by atoms with van der Waals surface area (Å²) < 4.78 is 16.3. The number of thioether (sulfide) groups is 1. The van der Waals surface area contributed by atoms with Gasteiger partial charge < -0.3 is 19.2 Å². The Morgan fingerprint density at radius 1 is 1.07 bits per heavy atom. The van der Waals surface area contributed by atoms with Crippen molar-refractivity contribution < 1.29 is 18.7 Å². The summed E-state index contributed by atoms with van der Waals surface area (Å²) in [5.41, 5.74) is 0.743. The first-order valence-electron chi connectivity index (χ1n) is 10.5. The highest BCUT2D eigenvalue weighted by molar-refractivity contribution is 7.99. The maximum Gasteiger partial charge on any atom is 0.277 e.